The van der Waals surface area contributed by atoms with Crippen LogP contribution in [0.1, 0.15) is 57.8 Å². The van der Waals surface area contributed by atoms with Crippen molar-refractivity contribution in [3.8, 4) is 0 Å². The van der Waals surface area contributed by atoms with Crippen molar-refractivity contribution in [3.63, 3.8) is 0 Å². The monoisotopic (exact) mass is 263 g/mol. The summed E-state index contributed by atoms with van der Waals surface area (Å²) in [4.78, 5) is 2.20. The van der Waals surface area contributed by atoms with E-state index in [9.17, 15) is 5.11 Å². The summed E-state index contributed by atoms with van der Waals surface area (Å²) in [5, 5.41) is 10.2. The molecule has 108 valence electrons. The molecule has 1 unspecified atom stereocenters. The number of benzene rings is 1. The van der Waals surface area contributed by atoms with E-state index in [1.54, 1.807) is 0 Å². The van der Waals surface area contributed by atoms with E-state index in [1.165, 1.54) is 18.4 Å². The molecule has 0 bridgehead atoms. The summed E-state index contributed by atoms with van der Waals surface area (Å²) < 4.78 is 0. The van der Waals surface area contributed by atoms with Crippen molar-refractivity contribution in [2.24, 2.45) is 0 Å². The van der Waals surface area contributed by atoms with Crippen molar-refractivity contribution in [1.29, 1.82) is 0 Å². The molecule has 0 aliphatic heterocycles. The van der Waals surface area contributed by atoms with Gasteiger partial charge in [0.1, 0.15) is 0 Å². The Labute approximate surface area is 118 Å². The van der Waals surface area contributed by atoms with Gasteiger partial charge in [-0.2, -0.15) is 0 Å². The van der Waals surface area contributed by atoms with Gasteiger partial charge in [-0.15, -0.1) is 0 Å². The molecule has 0 aliphatic rings. The molecule has 0 heterocycles. The Bertz CT molecular complexity index is 364. The van der Waals surface area contributed by atoms with Gasteiger partial charge in [0, 0.05) is 6.54 Å². The summed E-state index contributed by atoms with van der Waals surface area (Å²) in [6.45, 7) is 10.6. The molecule has 0 amide bonds. The van der Waals surface area contributed by atoms with Crippen molar-refractivity contribution < 1.29 is 5.11 Å². The van der Waals surface area contributed by atoms with E-state index >= 15 is 0 Å². The summed E-state index contributed by atoms with van der Waals surface area (Å²) in [6, 6.07) is 8.37. The first-order valence-corrected chi connectivity index (χ1v) is 7.31. The van der Waals surface area contributed by atoms with E-state index in [4.69, 9.17) is 0 Å². The van der Waals surface area contributed by atoms with E-state index in [-0.39, 0.29) is 5.41 Å². The fraction of sp³-hybridized carbons (Fsp3) is 0.647. The maximum absolute atomic E-state index is 10.2. The van der Waals surface area contributed by atoms with Gasteiger partial charge in [0.05, 0.1) is 6.10 Å². The molecule has 2 heteroatoms. The van der Waals surface area contributed by atoms with Crippen LogP contribution in [0.4, 0.5) is 0 Å². The van der Waals surface area contributed by atoms with Gasteiger partial charge in [0.2, 0.25) is 0 Å². The third-order valence-electron chi connectivity index (χ3n) is 3.54. The number of unbranched alkanes of at least 4 members (excludes halogenated alkanes) is 1. The molecule has 19 heavy (non-hydrogen) atoms. The second-order valence-electron chi connectivity index (χ2n) is 6.50. The van der Waals surface area contributed by atoms with Crippen LogP contribution in [0.15, 0.2) is 24.3 Å². The molecule has 0 aliphatic carbocycles. The van der Waals surface area contributed by atoms with Gasteiger partial charge in [-0.05, 0) is 36.6 Å². The summed E-state index contributed by atoms with van der Waals surface area (Å²) in [7, 11) is 2.07. The highest BCUT2D eigenvalue weighted by molar-refractivity contribution is 5.28. The molecule has 0 saturated carbocycles. The third-order valence-corrected chi connectivity index (χ3v) is 3.54. The molecule has 1 rings (SSSR count). The van der Waals surface area contributed by atoms with Crippen molar-refractivity contribution in [2.75, 3.05) is 20.1 Å². The van der Waals surface area contributed by atoms with Crippen LogP contribution >= 0.6 is 0 Å². The first-order valence-electron chi connectivity index (χ1n) is 7.31. The number of likely N-dealkylation sites (N-methyl/N-ethyl adjacent to an activating group) is 1. The molecule has 0 aromatic heterocycles. The highest BCUT2D eigenvalue weighted by Gasteiger charge is 2.15. The zero-order chi connectivity index (χ0) is 14.5. The SMILES string of the molecule is CCCCN(C)CC(O)c1ccc(C(C)(C)C)cc1. The van der Waals surface area contributed by atoms with Crippen LogP contribution in [0, 0.1) is 0 Å². The quantitative estimate of drug-likeness (QED) is 0.845. The van der Waals surface area contributed by atoms with Crippen LogP contribution in [0.5, 0.6) is 0 Å². The second kappa shape index (κ2) is 7.06. The van der Waals surface area contributed by atoms with Gasteiger partial charge < -0.3 is 10.0 Å². The molecular formula is C17H29NO. The number of hydrogen-bond acceptors (Lipinski definition) is 2. The molecule has 0 saturated heterocycles. The predicted molar refractivity (Wildman–Crippen MR) is 82.5 cm³/mol. The molecule has 0 fully saturated rings. The summed E-state index contributed by atoms with van der Waals surface area (Å²) in [5.41, 5.74) is 2.49. The average molecular weight is 263 g/mol. The topological polar surface area (TPSA) is 23.5 Å². The average Bonchev–Trinajstić information content (AvgIpc) is 2.35. The Kier molecular flexibility index (Phi) is 6.02. The minimum atomic E-state index is -0.393. The molecule has 0 radical (unpaired) electrons. The molecule has 1 aromatic carbocycles. The lowest BCUT2D eigenvalue weighted by atomic mass is 9.86. The first-order chi connectivity index (χ1) is 8.84. The van der Waals surface area contributed by atoms with E-state index in [0.717, 1.165) is 12.1 Å². The van der Waals surface area contributed by atoms with Crippen LogP contribution in [-0.2, 0) is 5.41 Å². The van der Waals surface area contributed by atoms with Crippen molar-refractivity contribution in [3.05, 3.63) is 35.4 Å². The van der Waals surface area contributed by atoms with Gasteiger partial charge in [-0.1, -0.05) is 58.4 Å². The van der Waals surface area contributed by atoms with Gasteiger partial charge in [-0.3, -0.25) is 0 Å². The lowest BCUT2D eigenvalue weighted by molar-refractivity contribution is 0.126. The maximum Gasteiger partial charge on any atom is 0.0916 e. The third kappa shape index (κ3) is 5.33. The molecule has 2 nitrogen and oxygen atoms in total. The molecule has 0 spiro atoms. The minimum absolute atomic E-state index is 0.168. The standard InChI is InChI=1S/C17H29NO/c1-6-7-12-18(5)13-16(19)14-8-10-15(11-9-14)17(2,3)4/h8-11,16,19H,6-7,12-13H2,1-5H3. The predicted octanol–water partition coefficient (Wildman–Crippen LogP) is 3.75. The first kappa shape index (κ1) is 16.2. The molecule has 1 aromatic rings. The smallest absolute Gasteiger partial charge is 0.0916 e. The Morgan fingerprint density at radius 1 is 1.16 bits per heavy atom. The number of aliphatic hydroxyl groups is 1. The van der Waals surface area contributed by atoms with Gasteiger partial charge >= 0.3 is 0 Å². The zero-order valence-electron chi connectivity index (χ0n) is 13.1. The van der Waals surface area contributed by atoms with Crippen molar-refractivity contribution in [1.82, 2.24) is 4.90 Å². The largest absolute Gasteiger partial charge is 0.387 e. The fourth-order valence-corrected chi connectivity index (χ4v) is 2.13. The number of hydrogen-bond donors (Lipinski definition) is 1. The number of rotatable bonds is 6. The Balaban J connectivity index is 2.60. The van der Waals surface area contributed by atoms with E-state index in [0.29, 0.717) is 6.54 Å². The summed E-state index contributed by atoms with van der Waals surface area (Å²) in [6.07, 6.45) is 1.99. The van der Waals surface area contributed by atoms with Gasteiger partial charge in [-0.25, -0.2) is 0 Å². The summed E-state index contributed by atoms with van der Waals surface area (Å²) >= 11 is 0. The Morgan fingerprint density at radius 2 is 1.74 bits per heavy atom. The maximum atomic E-state index is 10.2. The molecule has 1 N–H and O–H groups in total. The number of nitrogens with zero attached hydrogens (tertiary/aromatic N) is 1. The van der Waals surface area contributed by atoms with Crippen LogP contribution in [0.2, 0.25) is 0 Å². The summed E-state index contributed by atoms with van der Waals surface area (Å²) in [5.74, 6) is 0. The molecule has 1 atom stereocenters. The van der Waals surface area contributed by atoms with Crippen LogP contribution in [0.25, 0.3) is 0 Å². The number of aliphatic hydroxyl groups excluding tert-OH is 1. The van der Waals surface area contributed by atoms with Gasteiger partial charge in [0.25, 0.3) is 0 Å². The molecular weight excluding hydrogens is 234 g/mol. The van der Waals surface area contributed by atoms with Gasteiger partial charge in [0.15, 0.2) is 0 Å². The Hall–Kier alpha value is -0.860. The minimum Gasteiger partial charge on any atom is -0.387 e. The lowest BCUT2D eigenvalue weighted by Crippen LogP contribution is -2.25. The zero-order valence-corrected chi connectivity index (χ0v) is 13.1. The van der Waals surface area contributed by atoms with E-state index < -0.39 is 6.10 Å². The highest BCUT2D eigenvalue weighted by Crippen LogP contribution is 2.24. The van der Waals surface area contributed by atoms with Crippen LogP contribution in [0.3, 0.4) is 0 Å². The highest BCUT2D eigenvalue weighted by atomic mass is 16.3. The second-order valence-corrected chi connectivity index (χ2v) is 6.50. The lowest BCUT2D eigenvalue weighted by Gasteiger charge is -2.22. The van der Waals surface area contributed by atoms with E-state index in [2.05, 4.69) is 63.9 Å². The Morgan fingerprint density at radius 3 is 2.21 bits per heavy atom. The fourth-order valence-electron chi connectivity index (χ4n) is 2.13. The van der Waals surface area contributed by atoms with Crippen LogP contribution in [-0.4, -0.2) is 30.1 Å². The van der Waals surface area contributed by atoms with Crippen molar-refractivity contribution >= 4 is 0 Å². The van der Waals surface area contributed by atoms with Crippen molar-refractivity contribution in [2.45, 2.75) is 52.1 Å². The van der Waals surface area contributed by atoms with Crippen LogP contribution < -0.4 is 0 Å². The normalized spacial score (nSPS) is 13.8. The van der Waals surface area contributed by atoms with E-state index in [1.807, 2.05) is 0 Å².